The Bertz CT molecular complexity index is 250. The highest BCUT2D eigenvalue weighted by atomic mass is 16.2. The summed E-state index contributed by atoms with van der Waals surface area (Å²) < 4.78 is 0. The van der Waals surface area contributed by atoms with E-state index in [1.54, 1.807) is 6.92 Å². The molecule has 1 heterocycles. The Hall–Kier alpha value is -1.10. The second-order valence-electron chi connectivity index (χ2n) is 4.13. The van der Waals surface area contributed by atoms with Gasteiger partial charge in [-0.25, -0.2) is 0 Å². The predicted octanol–water partition coefficient (Wildman–Crippen LogP) is -0.231. The summed E-state index contributed by atoms with van der Waals surface area (Å²) in [4.78, 5) is 23.2. The van der Waals surface area contributed by atoms with E-state index < -0.39 is 6.04 Å². The maximum Gasteiger partial charge on any atom is 0.242 e. The van der Waals surface area contributed by atoms with Gasteiger partial charge < -0.3 is 16.0 Å². The lowest BCUT2D eigenvalue weighted by atomic mass is 10.0. The molecule has 0 saturated carbocycles. The summed E-state index contributed by atoms with van der Waals surface area (Å²) in [5, 5.41) is 8.55. The van der Waals surface area contributed by atoms with Crippen molar-refractivity contribution >= 4 is 11.8 Å². The fourth-order valence-corrected chi connectivity index (χ4v) is 1.78. The number of likely N-dealkylation sites (N-methyl/N-ethyl adjacent to an activating group) is 1. The van der Waals surface area contributed by atoms with Gasteiger partial charge in [0.15, 0.2) is 0 Å². The van der Waals surface area contributed by atoms with Gasteiger partial charge in [-0.2, -0.15) is 0 Å². The van der Waals surface area contributed by atoms with Crippen molar-refractivity contribution in [2.24, 2.45) is 0 Å². The van der Waals surface area contributed by atoms with E-state index >= 15 is 0 Å². The molecule has 0 aromatic heterocycles. The van der Waals surface area contributed by atoms with Gasteiger partial charge in [-0.3, -0.25) is 9.59 Å². The number of carbonyl (C=O) groups is 2. The Labute approximate surface area is 96.4 Å². The van der Waals surface area contributed by atoms with E-state index in [1.165, 1.54) is 0 Å². The van der Waals surface area contributed by atoms with Crippen LogP contribution in [0.15, 0.2) is 0 Å². The summed E-state index contributed by atoms with van der Waals surface area (Å²) >= 11 is 0. The van der Waals surface area contributed by atoms with Crippen molar-refractivity contribution in [2.75, 3.05) is 13.1 Å². The number of hydrogen-bond donors (Lipinski definition) is 3. The highest BCUT2D eigenvalue weighted by molar-refractivity contribution is 5.89. The van der Waals surface area contributed by atoms with Crippen LogP contribution in [-0.4, -0.2) is 37.0 Å². The van der Waals surface area contributed by atoms with Gasteiger partial charge in [0.1, 0.15) is 6.04 Å². The Morgan fingerprint density at radius 1 is 1.44 bits per heavy atom. The van der Waals surface area contributed by atoms with Gasteiger partial charge in [-0.05, 0) is 33.2 Å². The lowest BCUT2D eigenvalue weighted by Gasteiger charge is -2.24. The third kappa shape index (κ3) is 3.81. The minimum atomic E-state index is -0.462. The van der Waals surface area contributed by atoms with Crippen molar-refractivity contribution in [1.82, 2.24) is 16.0 Å². The molecule has 1 saturated heterocycles. The highest BCUT2D eigenvalue weighted by Crippen LogP contribution is 2.06. The minimum Gasteiger partial charge on any atom is -0.355 e. The van der Waals surface area contributed by atoms with Crippen LogP contribution in [0.25, 0.3) is 0 Å². The van der Waals surface area contributed by atoms with Gasteiger partial charge in [0.2, 0.25) is 11.8 Å². The fourth-order valence-electron chi connectivity index (χ4n) is 1.78. The van der Waals surface area contributed by atoms with E-state index in [2.05, 4.69) is 16.0 Å². The van der Waals surface area contributed by atoms with Crippen molar-refractivity contribution in [3.63, 3.8) is 0 Å². The van der Waals surface area contributed by atoms with Crippen molar-refractivity contribution in [3.8, 4) is 0 Å². The molecule has 1 rings (SSSR count). The largest absolute Gasteiger partial charge is 0.355 e. The van der Waals surface area contributed by atoms with E-state index in [9.17, 15) is 9.59 Å². The summed E-state index contributed by atoms with van der Waals surface area (Å²) in [6, 6.07) is -0.596. The molecule has 0 aliphatic carbocycles. The monoisotopic (exact) mass is 227 g/mol. The highest BCUT2D eigenvalue weighted by Gasteiger charge is 2.23. The van der Waals surface area contributed by atoms with Crippen LogP contribution in [0, 0.1) is 0 Å². The van der Waals surface area contributed by atoms with E-state index in [4.69, 9.17) is 0 Å². The molecule has 5 heteroatoms. The van der Waals surface area contributed by atoms with Gasteiger partial charge in [0.25, 0.3) is 0 Å². The molecule has 5 nitrogen and oxygen atoms in total. The van der Waals surface area contributed by atoms with Crippen LogP contribution >= 0.6 is 0 Å². The van der Waals surface area contributed by atoms with E-state index in [0.29, 0.717) is 6.54 Å². The Morgan fingerprint density at radius 3 is 2.75 bits per heavy atom. The van der Waals surface area contributed by atoms with Crippen molar-refractivity contribution < 1.29 is 9.59 Å². The maximum atomic E-state index is 11.8. The van der Waals surface area contributed by atoms with Gasteiger partial charge in [0.05, 0.1) is 6.04 Å². The summed E-state index contributed by atoms with van der Waals surface area (Å²) in [5.41, 5.74) is 0. The Balaban J connectivity index is 2.34. The average molecular weight is 227 g/mol. The summed E-state index contributed by atoms with van der Waals surface area (Å²) in [5.74, 6) is -0.204. The first-order valence-electron chi connectivity index (χ1n) is 5.96. The lowest BCUT2D eigenvalue weighted by molar-refractivity contribution is -0.129. The second-order valence-corrected chi connectivity index (χ2v) is 4.13. The van der Waals surface area contributed by atoms with Gasteiger partial charge in [0, 0.05) is 6.54 Å². The molecule has 0 bridgehead atoms. The molecule has 2 atom stereocenters. The van der Waals surface area contributed by atoms with Crippen LogP contribution in [0.5, 0.6) is 0 Å². The molecular weight excluding hydrogens is 206 g/mol. The van der Waals surface area contributed by atoms with Crippen molar-refractivity contribution in [1.29, 1.82) is 0 Å². The SMILES string of the molecule is CCNC(=O)C(C)NC(=O)[C@@H]1CCCCN1. The molecule has 2 amide bonds. The van der Waals surface area contributed by atoms with E-state index in [-0.39, 0.29) is 17.9 Å². The maximum absolute atomic E-state index is 11.8. The first-order chi connectivity index (χ1) is 7.65. The van der Waals surface area contributed by atoms with E-state index in [0.717, 1.165) is 25.8 Å². The first kappa shape index (κ1) is 13.0. The third-order valence-electron chi connectivity index (χ3n) is 2.73. The number of amides is 2. The molecule has 0 aromatic rings. The van der Waals surface area contributed by atoms with Crippen molar-refractivity contribution in [2.45, 2.75) is 45.2 Å². The Kier molecular flexibility index (Phi) is 5.25. The fraction of sp³-hybridized carbons (Fsp3) is 0.818. The lowest BCUT2D eigenvalue weighted by Crippen LogP contribution is -2.52. The Morgan fingerprint density at radius 2 is 2.19 bits per heavy atom. The number of nitrogens with one attached hydrogen (secondary N) is 3. The molecule has 1 unspecified atom stereocenters. The van der Waals surface area contributed by atoms with Crippen LogP contribution in [0.4, 0.5) is 0 Å². The summed E-state index contributed by atoms with van der Waals surface area (Å²) in [6.07, 6.45) is 3.05. The molecule has 92 valence electrons. The predicted molar refractivity (Wildman–Crippen MR) is 61.9 cm³/mol. The molecule has 16 heavy (non-hydrogen) atoms. The third-order valence-corrected chi connectivity index (χ3v) is 2.73. The number of rotatable bonds is 4. The second kappa shape index (κ2) is 6.48. The number of piperidine rings is 1. The molecule has 0 radical (unpaired) electrons. The molecule has 1 aliphatic heterocycles. The number of carbonyl (C=O) groups excluding carboxylic acids is 2. The van der Waals surface area contributed by atoms with Crippen LogP contribution in [0.1, 0.15) is 33.1 Å². The molecule has 1 fully saturated rings. The smallest absolute Gasteiger partial charge is 0.242 e. The normalized spacial score (nSPS) is 22.2. The van der Waals surface area contributed by atoms with Crippen LogP contribution in [0.2, 0.25) is 0 Å². The molecule has 1 aliphatic rings. The zero-order valence-electron chi connectivity index (χ0n) is 10.0. The van der Waals surface area contributed by atoms with Crippen LogP contribution in [-0.2, 0) is 9.59 Å². The van der Waals surface area contributed by atoms with Crippen molar-refractivity contribution in [3.05, 3.63) is 0 Å². The zero-order valence-corrected chi connectivity index (χ0v) is 10.0. The topological polar surface area (TPSA) is 70.2 Å². The zero-order chi connectivity index (χ0) is 12.0. The summed E-state index contributed by atoms with van der Waals surface area (Å²) in [6.45, 7) is 5.02. The quantitative estimate of drug-likeness (QED) is 0.621. The standard InChI is InChI=1S/C11H21N3O2/c1-3-12-10(15)8(2)14-11(16)9-6-4-5-7-13-9/h8-9,13H,3-7H2,1-2H3,(H,12,15)(H,14,16)/t8?,9-/m0/s1. The van der Waals surface area contributed by atoms with Crippen LogP contribution < -0.4 is 16.0 Å². The molecular formula is C11H21N3O2. The first-order valence-corrected chi connectivity index (χ1v) is 5.96. The molecule has 3 N–H and O–H groups in total. The van der Waals surface area contributed by atoms with Gasteiger partial charge in [-0.1, -0.05) is 6.42 Å². The average Bonchev–Trinajstić information content (AvgIpc) is 2.30. The molecule has 0 aromatic carbocycles. The summed E-state index contributed by atoms with van der Waals surface area (Å²) in [7, 11) is 0. The number of hydrogen-bond acceptors (Lipinski definition) is 3. The van der Waals surface area contributed by atoms with E-state index in [1.807, 2.05) is 6.92 Å². The molecule has 0 spiro atoms. The van der Waals surface area contributed by atoms with Crippen LogP contribution in [0.3, 0.4) is 0 Å². The van der Waals surface area contributed by atoms with Gasteiger partial charge >= 0.3 is 0 Å². The minimum absolute atomic E-state index is 0.0709. The van der Waals surface area contributed by atoms with Gasteiger partial charge in [-0.15, -0.1) is 0 Å².